The molecule has 3 rings (SSSR count). The zero-order valence-corrected chi connectivity index (χ0v) is 12.0. The van der Waals surface area contributed by atoms with Gasteiger partial charge in [0.2, 0.25) is 5.91 Å². The summed E-state index contributed by atoms with van der Waals surface area (Å²) in [4.78, 5) is 15.4. The van der Waals surface area contributed by atoms with Crippen LogP contribution in [0.3, 0.4) is 0 Å². The first-order valence-corrected chi connectivity index (χ1v) is 7.08. The Bertz CT molecular complexity index is 635. The Kier molecular flexibility index (Phi) is 4.32. The number of rotatable bonds is 4. The van der Waals surface area contributed by atoms with Crippen molar-refractivity contribution in [2.75, 3.05) is 19.7 Å². The van der Waals surface area contributed by atoms with Gasteiger partial charge in [-0.1, -0.05) is 0 Å². The molecule has 1 aliphatic heterocycles. The van der Waals surface area contributed by atoms with E-state index in [1.54, 1.807) is 30.5 Å². The molecule has 22 heavy (non-hydrogen) atoms. The van der Waals surface area contributed by atoms with Crippen LogP contribution in [0.1, 0.15) is 22.2 Å². The van der Waals surface area contributed by atoms with E-state index < -0.39 is 5.91 Å². The van der Waals surface area contributed by atoms with E-state index in [4.69, 9.17) is 15.2 Å². The number of ether oxygens (including phenoxy) is 2. The Hall–Kier alpha value is -2.44. The molecule has 2 heterocycles. The quantitative estimate of drug-likeness (QED) is 0.896. The molecule has 1 fully saturated rings. The van der Waals surface area contributed by atoms with E-state index in [-0.39, 0.29) is 6.10 Å². The van der Waals surface area contributed by atoms with Crippen molar-refractivity contribution in [3.05, 3.63) is 53.9 Å². The van der Waals surface area contributed by atoms with Crippen LogP contribution in [0.5, 0.6) is 11.5 Å². The standard InChI is InChI=1S/C16H17N3O3/c17-16(20)11-1-3-12(4-2-11)22-13-5-6-14(19-9-13)15-10-18-7-8-21-15/h1-6,9,15,18H,7-8,10H2,(H2,17,20). The Morgan fingerprint density at radius 2 is 2.00 bits per heavy atom. The third kappa shape index (κ3) is 3.41. The average Bonchev–Trinajstić information content (AvgIpc) is 2.57. The number of hydrogen-bond donors (Lipinski definition) is 2. The number of carbonyl (C=O) groups is 1. The minimum absolute atomic E-state index is 0.0161. The Labute approximate surface area is 128 Å². The first kappa shape index (κ1) is 14.5. The summed E-state index contributed by atoms with van der Waals surface area (Å²) in [6.45, 7) is 2.33. The second kappa shape index (κ2) is 6.55. The van der Waals surface area contributed by atoms with Crippen LogP contribution < -0.4 is 15.8 Å². The van der Waals surface area contributed by atoms with Crippen molar-refractivity contribution in [1.82, 2.24) is 10.3 Å². The van der Waals surface area contributed by atoms with Crippen molar-refractivity contribution in [1.29, 1.82) is 0 Å². The molecule has 0 spiro atoms. The van der Waals surface area contributed by atoms with Gasteiger partial charge in [-0.25, -0.2) is 0 Å². The van der Waals surface area contributed by atoms with Crippen LogP contribution in [0.2, 0.25) is 0 Å². The summed E-state index contributed by atoms with van der Waals surface area (Å²) >= 11 is 0. The molecule has 0 radical (unpaired) electrons. The van der Waals surface area contributed by atoms with Crippen molar-refractivity contribution in [3.63, 3.8) is 0 Å². The van der Waals surface area contributed by atoms with Gasteiger partial charge in [0.15, 0.2) is 0 Å². The predicted octanol–water partition coefficient (Wildman–Crippen LogP) is 1.63. The summed E-state index contributed by atoms with van der Waals surface area (Å²) in [5, 5.41) is 3.27. The fourth-order valence-electron chi connectivity index (χ4n) is 2.22. The van der Waals surface area contributed by atoms with Crippen molar-refractivity contribution >= 4 is 5.91 Å². The van der Waals surface area contributed by atoms with E-state index in [0.29, 0.717) is 23.7 Å². The summed E-state index contributed by atoms with van der Waals surface area (Å²) in [7, 11) is 0. The van der Waals surface area contributed by atoms with Crippen LogP contribution in [0, 0.1) is 0 Å². The lowest BCUT2D eigenvalue weighted by Gasteiger charge is -2.23. The van der Waals surface area contributed by atoms with Gasteiger partial charge in [-0.3, -0.25) is 9.78 Å². The summed E-state index contributed by atoms with van der Waals surface area (Å²) < 4.78 is 11.3. The molecule has 1 aromatic heterocycles. The molecule has 1 atom stereocenters. The van der Waals surface area contributed by atoms with Gasteiger partial charge in [0.25, 0.3) is 0 Å². The summed E-state index contributed by atoms with van der Waals surface area (Å²) in [5.74, 6) is 0.785. The highest BCUT2D eigenvalue weighted by Crippen LogP contribution is 2.23. The van der Waals surface area contributed by atoms with Gasteiger partial charge < -0.3 is 20.5 Å². The highest BCUT2D eigenvalue weighted by Gasteiger charge is 2.16. The molecule has 6 nitrogen and oxygen atoms in total. The van der Waals surface area contributed by atoms with Gasteiger partial charge >= 0.3 is 0 Å². The molecule has 0 aliphatic carbocycles. The Balaban J connectivity index is 1.66. The lowest BCUT2D eigenvalue weighted by Crippen LogP contribution is -2.33. The molecule has 1 amide bonds. The molecule has 3 N–H and O–H groups in total. The van der Waals surface area contributed by atoms with Crippen LogP contribution >= 0.6 is 0 Å². The van der Waals surface area contributed by atoms with Gasteiger partial charge in [0, 0.05) is 18.7 Å². The molecule has 1 aromatic carbocycles. The molecule has 6 heteroatoms. The monoisotopic (exact) mass is 299 g/mol. The van der Waals surface area contributed by atoms with Crippen LogP contribution in [0.4, 0.5) is 0 Å². The van der Waals surface area contributed by atoms with Crippen molar-refractivity contribution in [2.24, 2.45) is 5.73 Å². The second-order valence-electron chi connectivity index (χ2n) is 4.97. The number of primary amides is 1. The highest BCUT2D eigenvalue weighted by molar-refractivity contribution is 5.92. The van der Waals surface area contributed by atoms with Gasteiger partial charge in [-0.05, 0) is 36.4 Å². The van der Waals surface area contributed by atoms with Crippen LogP contribution in [0.25, 0.3) is 0 Å². The number of aromatic nitrogens is 1. The fourth-order valence-corrected chi connectivity index (χ4v) is 2.22. The molecule has 2 aromatic rings. The maximum Gasteiger partial charge on any atom is 0.248 e. The average molecular weight is 299 g/mol. The Morgan fingerprint density at radius 1 is 1.23 bits per heavy atom. The Morgan fingerprint density at radius 3 is 2.59 bits per heavy atom. The summed E-state index contributed by atoms with van der Waals surface area (Å²) in [6, 6.07) is 10.4. The lowest BCUT2D eigenvalue weighted by atomic mass is 10.2. The third-order valence-electron chi connectivity index (χ3n) is 3.39. The van der Waals surface area contributed by atoms with E-state index in [9.17, 15) is 4.79 Å². The number of amides is 1. The van der Waals surface area contributed by atoms with Crippen molar-refractivity contribution in [2.45, 2.75) is 6.10 Å². The predicted molar refractivity (Wildman–Crippen MR) is 80.8 cm³/mol. The summed E-state index contributed by atoms with van der Waals surface area (Å²) in [6.07, 6.45) is 1.65. The minimum Gasteiger partial charge on any atom is -0.456 e. The van der Waals surface area contributed by atoms with E-state index in [1.807, 2.05) is 12.1 Å². The first-order valence-electron chi connectivity index (χ1n) is 7.08. The number of pyridine rings is 1. The van der Waals surface area contributed by atoms with E-state index in [0.717, 1.165) is 18.8 Å². The number of nitrogens with one attached hydrogen (secondary N) is 1. The largest absolute Gasteiger partial charge is 0.456 e. The zero-order chi connectivity index (χ0) is 15.4. The normalized spacial score (nSPS) is 17.9. The maximum atomic E-state index is 11.0. The number of carbonyl (C=O) groups excluding carboxylic acids is 1. The number of hydrogen-bond acceptors (Lipinski definition) is 5. The lowest BCUT2D eigenvalue weighted by molar-refractivity contribution is 0.0250. The number of morpholine rings is 1. The molecule has 0 saturated carbocycles. The van der Waals surface area contributed by atoms with Crippen LogP contribution in [0.15, 0.2) is 42.6 Å². The second-order valence-corrected chi connectivity index (χ2v) is 4.97. The molecule has 114 valence electrons. The van der Waals surface area contributed by atoms with Crippen LogP contribution in [-0.2, 0) is 4.74 Å². The zero-order valence-electron chi connectivity index (χ0n) is 12.0. The summed E-state index contributed by atoms with van der Waals surface area (Å²) in [5.41, 5.74) is 6.52. The van der Waals surface area contributed by atoms with E-state index in [2.05, 4.69) is 10.3 Å². The smallest absolute Gasteiger partial charge is 0.248 e. The van der Waals surface area contributed by atoms with Crippen molar-refractivity contribution < 1.29 is 14.3 Å². The topological polar surface area (TPSA) is 86.5 Å². The molecular formula is C16H17N3O3. The van der Waals surface area contributed by atoms with E-state index in [1.165, 1.54) is 0 Å². The van der Waals surface area contributed by atoms with Crippen molar-refractivity contribution in [3.8, 4) is 11.5 Å². The number of nitrogens with zero attached hydrogens (tertiary/aromatic N) is 1. The molecular weight excluding hydrogens is 282 g/mol. The van der Waals surface area contributed by atoms with Gasteiger partial charge in [0.05, 0.1) is 18.5 Å². The van der Waals surface area contributed by atoms with Crippen LogP contribution in [-0.4, -0.2) is 30.6 Å². The van der Waals surface area contributed by atoms with Gasteiger partial charge in [-0.15, -0.1) is 0 Å². The minimum atomic E-state index is -0.460. The maximum absolute atomic E-state index is 11.0. The molecule has 1 aliphatic rings. The van der Waals surface area contributed by atoms with Gasteiger partial charge in [0.1, 0.15) is 17.6 Å². The molecule has 1 unspecified atom stereocenters. The molecule has 0 bridgehead atoms. The van der Waals surface area contributed by atoms with Gasteiger partial charge in [-0.2, -0.15) is 0 Å². The third-order valence-corrected chi connectivity index (χ3v) is 3.39. The SMILES string of the molecule is NC(=O)c1ccc(Oc2ccc(C3CNCCO3)nc2)cc1. The highest BCUT2D eigenvalue weighted by atomic mass is 16.5. The van der Waals surface area contributed by atoms with E-state index >= 15 is 0 Å². The first-order chi connectivity index (χ1) is 10.7. The number of benzene rings is 1. The molecule has 1 saturated heterocycles. The number of nitrogens with two attached hydrogens (primary N) is 1. The fraction of sp³-hybridized carbons (Fsp3) is 0.250.